The number of likely N-dealkylation sites (tertiary alicyclic amines) is 1. The van der Waals surface area contributed by atoms with Crippen molar-refractivity contribution < 1.29 is 33.2 Å². The third kappa shape index (κ3) is 6.64. The van der Waals surface area contributed by atoms with E-state index in [1.54, 1.807) is 35.5 Å². The largest absolute Gasteiger partial charge is 0.496 e. The van der Waals surface area contributed by atoms with Crippen molar-refractivity contribution in [3.8, 4) is 34.5 Å². The number of fused-ring (bicyclic) bond motifs is 1. The van der Waals surface area contributed by atoms with Crippen LogP contribution < -0.4 is 33.3 Å². The van der Waals surface area contributed by atoms with E-state index in [1.807, 2.05) is 32.3 Å². The lowest BCUT2D eigenvalue weighted by atomic mass is 9.79. The molecular weight excluding hydrogens is 572 g/mol. The summed E-state index contributed by atoms with van der Waals surface area (Å²) in [6, 6.07) is 14.2. The molecule has 242 valence electrons. The van der Waals surface area contributed by atoms with Crippen molar-refractivity contribution in [1.82, 2.24) is 4.90 Å². The number of piperidine rings is 1. The normalized spacial score (nSPS) is 17.1. The number of benzene rings is 3. The van der Waals surface area contributed by atoms with E-state index in [-0.39, 0.29) is 24.2 Å². The van der Waals surface area contributed by atoms with Gasteiger partial charge < -0.3 is 38.2 Å². The van der Waals surface area contributed by atoms with Crippen LogP contribution in [-0.2, 0) is 4.79 Å². The monoisotopic (exact) mass is 618 g/mol. The summed E-state index contributed by atoms with van der Waals surface area (Å²) in [7, 11) is 12.1. The fourth-order valence-corrected chi connectivity index (χ4v) is 6.74. The molecule has 0 N–H and O–H groups in total. The van der Waals surface area contributed by atoms with Gasteiger partial charge in [0.1, 0.15) is 17.2 Å². The zero-order valence-electron chi connectivity index (χ0n) is 27.6. The lowest BCUT2D eigenvalue weighted by molar-refractivity contribution is -0.135. The van der Waals surface area contributed by atoms with Crippen LogP contribution >= 0.6 is 0 Å². The molecule has 0 aromatic heterocycles. The number of rotatable bonds is 12. The van der Waals surface area contributed by atoms with Crippen molar-refractivity contribution in [1.29, 1.82) is 0 Å². The Morgan fingerprint density at radius 2 is 1.44 bits per heavy atom. The molecule has 0 spiro atoms. The highest BCUT2D eigenvalue weighted by Crippen LogP contribution is 2.54. The van der Waals surface area contributed by atoms with Gasteiger partial charge in [-0.15, -0.1) is 0 Å². The summed E-state index contributed by atoms with van der Waals surface area (Å²) in [6.07, 6.45) is 4.62. The minimum absolute atomic E-state index is 0.207. The van der Waals surface area contributed by atoms with Gasteiger partial charge in [-0.05, 0) is 74.3 Å². The van der Waals surface area contributed by atoms with Crippen molar-refractivity contribution >= 4 is 11.7 Å². The number of ether oxygens (including phenoxy) is 6. The molecule has 9 heteroatoms. The fraction of sp³-hybridized carbons (Fsp3) is 0.472. The number of methoxy groups -OCH3 is 5. The van der Waals surface area contributed by atoms with Crippen LogP contribution in [0.3, 0.4) is 0 Å². The predicted octanol–water partition coefficient (Wildman–Crippen LogP) is 6.24. The van der Waals surface area contributed by atoms with Crippen LogP contribution in [0.2, 0.25) is 0 Å². The van der Waals surface area contributed by atoms with Crippen molar-refractivity contribution in [3.05, 3.63) is 64.7 Å². The Balaban J connectivity index is 1.72. The molecule has 1 fully saturated rings. The molecule has 1 saturated heterocycles. The summed E-state index contributed by atoms with van der Waals surface area (Å²) in [5, 5.41) is 0. The second-order valence-electron chi connectivity index (χ2n) is 11.9. The van der Waals surface area contributed by atoms with Gasteiger partial charge >= 0.3 is 5.97 Å². The SMILES string of the molecule is COc1cc([C@@H](CCN2CCCCC2)c2c(OC)cc(OC)c3c2OC(=O)C[C@@H]3c2ccc(N(C)C)cc2)cc(OC)c1OC. The first-order chi connectivity index (χ1) is 21.8. The van der Waals surface area contributed by atoms with Crippen molar-refractivity contribution in [2.24, 2.45) is 0 Å². The highest BCUT2D eigenvalue weighted by molar-refractivity contribution is 5.81. The van der Waals surface area contributed by atoms with Crippen LogP contribution in [-0.4, -0.2) is 80.1 Å². The third-order valence-electron chi connectivity index (χ3n) is 9.09. The van der Waals surface area contributed by atoms with Gasteiger partial charge in [0, 0.05) is 48.8 Å². The van der Waals surface area contributed by atoms with Gasteiger partial charge in [-0.1, -0.05) is 18.6 Å². The van der Waals surface area contributed by atoms with Gasteiger partial charge in [-0.2, -0.15) is 0 Å². The average Bonchev–Trinajstić information content (AvgIpc) is 3.07. The second-order valence-corrected chi connectivity index (χ2v) is 11.9. The maximum atomic E-state index is 13.4. The number of hydrogen-bond acceptors (Lipinski definition) is 9. The summed E-state index contributed by atoms with van der Waals surface area (Å²) in [6.45, 7) is 3.01. The zero-order valence-corrected chi connectivity index (χ0v) is 27.6. The quantitative estimate of drug-likeness (QED) is 0.173. The van der Waals surface area contributed by atoms with E-state index in [4.69, 9.17) is 28.4 Å². The van der Waals surface area contributed by atoms with Gasteiger partial charge in [-0.25, -0.2) is 0 Å². The van der Waals surface area contributed by atoms with Gasteiger partial charge in [0.25, 0.3) is 0 Å². The second kappa shape index (κ2) is 14.3. The van der Waals surface area contributed by atoms with Gasteiger partial charge in [0.05, 0.1) is 42.0 Å². The molecule has 2 atom stereocenters. The van der Waals surface area contributed by atoms with Crippen molar-refractivity contribution in [2.45, 2.75) is 43.9 Å². The number of carbonyl (C=O) groups excluding carboxylic acids is 1. The van der Waals surface area contributed by atoms with Crippen LogP contribution in [0.25, 0.3) is 0 Å². The molecule has 3 aromatic rings. The Hall–Kier alpha value is -4.11. The molecule has 0 saturated carbocycles. The lowest BCUT2D eigenvalue weighted by Crippen LogP contribution is -2.31. The Morgan fingerprint density at radius 1 is 0.822 bits per heavy atom. The van der Waals surface area contributed by atoms with Crippen molar-refractivity contribution in [3.63, 3.8) is 0 Å². The van der Waals surface area contributed by atoms with E-state index < -0.39 is 0 Å². The van der Waals surface area contributed by atoms with E-state index in [0.717, 1.165) is 54.0 Å². The minimum Gasteiger partial charge on any atom is -0.496 e. The van der Waals surface area contributed by atoms with E-state index in [2.05, 4.69) is 34.1 Å². The summed E-state index contributed by atoms with van der Waals surface area (Å²) in [5.41, 5.74) is 4.70. The van der Waals surface area contributed by atoms with Crippen LogP contribution in [0.1, 0.15) is 66.2 Å². The third-order valence-corrected chi connectivity index (χ3v) is 9.09. The molecule has 0 radical (unpaired) electrons. The Bertz CT molecular complexity index is 1460. The smallest absolute Gasteiger partial charge is 0.312 e. The molecule has 2 aliphatic rings. The number of hydrogen-bond donors (Lipinski definition) is 0. The van der Waals surface area contributed by atoms with E-state index in [9.17, 15) is 4.79 Å². The van der Waals surface area contributed by atoms with Gasteiger partial charge in [-0.3, -0.25) is 4.79 Å². The predicted molar refractivity (Wildman–Crippen MR) is 175 cm³/mol. The molecule has 5 rings (SSSR count). The summed E-state index contributed by atoms with van der Waals surface area (Å²) >= 11 is 0. The Morgan fingerprint density at radius 3 is 2.00 bits per heavy atom. The molecule has 9 nitrogen and oxygen atoms in total. The van der Waals surface area contributed by atoms with Gasteiger partial charge in [0.15, 0.2) is 11.5 Å². The summed E-state index contributed by atoms with van der Waals surface area (Å²) < 4.78 is 35.4. The molecule has 0 bridgehead atoms. The highest BCUT2D eigenvalue weighted by atomic mass is 16.5. The van der Waals surface area contributed by atoms with E-state index >= 15 is 0 Å². The molecular formula is C36H46N2O7. The Kier molecular flexibility index (Phi) is 10.3. The zero-order chi connectivity index (χ0) is 32.1. The molecule has 45 heavy (non-hydrogen) atoms. The van der Waals surface area contributed by atoms with E-state index in [1.165, 1.54) is 19.3 Å². The standard InChI is InChI=1S/C36H46N2O7/c1-37(2)25-13-11-23(12-14-25)27-21-32(39)45-36-33(28(40-3)22-29(41-4)34(27)36)26(15-18-38-16-9-8-10-17-38)24-19-30(42-5)35(44-7)31(20-24)43-6/h11-14,19-20,22,26-27H,8-10,15-18,21H2,1-7H3/t26-,27-/m1/s1. The van der Waals surface area contributed by atoms with Crippen LogP contribution in [0.5, 0.6) is 34.5 Å². The topological polar surface area (TPSA) is 78.9 Å². The van der Waals surface area contributed by atoms with Crippen molar-refractivity contribution in [2.75, 3.05) is 74.2 Å². The first kappa shape index (κ1) is 32.3. The Labute approximate surface area is 266 Å². The highest BCUT2D eigenvalue weighted by Gasteiger charge is 2.38. The maximum absolute atomic E-state index is 13.4. The fourth-order valence-electron chi connectivity index (χ4n) is 6.74. The molecule has 0 unspecified atom stereocenters. The van der Waals surface area contributed by atoms with Crippen LogP contribution in [0, 0.1) is 0 Å². The van der Waals surface area contributed by atoms with Gasteiger partial charge in [0.2, 0.25) is 5.75 Å². The summed E-state index contributed by atoms with van der Waals surface area (Å²) in [4.78, 5) is 18.0. The number of nitrogens with zero attached hydrogens (tertiary/aromatic N) is 2. The lowest BCUT2D eigenvalue weighted by Gasteiger charge is -2.33. The molecule has 3 aromatic carbocycles. The number of anilines is 1. The maximum Gasteiger partial charge on any atom is 0.312 e. The average molecular weight is 619 g/mol. The van der Waals surface area contributed by atoms with E-state index in [0.29, 0.717) is 34.5 Å². The molecule has 2 aliphatic heterocycles. The number of esters is 1. The first-order valence-corrected chi connectivity index (χ1v) is 15.6. The minimum atomic E-state index is -0.291. The van der Waals surface area contributed by atoms with Crippen LogP contribution in [0.15, 0.2) is 42.5 Å². The van der Waals surface area contributed by atoms with Crippen LogP contribution in [0.4, 0.5) is 5.69 Å². The first-order valence-electron chi connectivity index (χ1n) is 15.6. The molecule has 0 amide bonds. The molecule has 0 aliphatic carbocycles. The summed E-state index contributed by atoms with van der Waals surface area (Å²) in [5.74, 6) is 2.60. The number of carbonyl (C=O) groups is 1. The molecule has 2 heterocycles.